The van der Waals surface area contributed by atoms with Crippen LogP contribution in [0, 0.1) is 11.3 Å². The summed E-state index contributed by atoms with van der Waals surface area (Å²) in [5.74, 6) is -0.648. The number of para-hydroxylation sites is 1. The second kappa shape index (κ2) is 7.83. The van der Waals surface area contributed by atoms with Crippen molar-refractivity contribution in [3.63, 3.8) is 0 Å². The van der Waals surface area contributed by atoms with Gasteiger partial charge in [-0.15, -0.1) is 0 Å². The summed E-state index contributed by atoms with van der Waals surface area (Å²) < 4.78 is 0. The van der Waals surface area contributed by atoms with Gasteiger partial charge in [0.2, 0.25) is 5.91 Å². The van der Waals surface area contributed by atoms with E-state index in [-0.39, 0.29) is 22.3 Å². The van der Waals surface area contributed by atoms with E-state index in [1.807, 2.05) is 12.1 Å². The molecule has 2 aromatic carbocycles. The number of nitriles is 1. The molecule has 0 radical (unpaired) electrons. The van der Waals surface area contributed by atoms with Gasteiger partial charge in [-0.2, -0.15) is 5.26 Å². The van der Waals surface area contributed by atoms with Gasteiger partial charge < -0.3 is 5.32 Å². The van der Waals surface area contributed by atoms with Crippen LogP contribution >= 0.6 is 35.0 Å². The number of carbonyl (C=O) groups is 2. The molecule has 130 valence electrons. The summed E-state index contributed by atoms with van der Waals surface area (Å²) in [5.41, 5.74) is 0.863. The fourth-order valence-electron chi connectivity index (χ4n) is 2.36. The first-order valence-electron chi connectivity index (χ1n) is 7.43. The zero-order valence-corrected chi connectivity index (χ0v) is 15.5. The molecule has 3 rings (SSSR count). The maximum absolute atomic E-state index is 12.6. The van der Waals surface area contributed by atoms with Gasteiger partial charge in [-0.25, -0.2) is 0 Å². The van der Waals surface area contributed by atoms with E-state index in [1.165, 1.54) is 11.0 Å². The minimum absolute atomic E-state index is 0.143. The number of anilines is 2. The van der Waals surface area contributed by atoms with E-state index in [0.29, 0.717) is 21.4 Å². The number of nitrogens with zero attached hydrogens (tertiary/aromatic N) is 2. The second-order valence-corrected chi connectivity index (χ2v) is 7.01. The molecule has 1 fully saturated rings. The third kappa shape index (κ3) is 3.70. The van der Waals surface area contributed by atoms with Gasteiger partial charge in [0, 0.05) is 11.4 Å². The van der Waals surface area contributed by atoms with Crippen molar-refractivity contribution in [3.8, 4) is 6.07 Å². The smallest absolute Gasteiger partial charge is 0.269 e. The van der Waals surface area contributed by atoms with E-state index in [0.717, 1.165) is 11.8 Å². The summed E-state index contributed by atoms with van der Waals surface area (Å²) in [4.78, 5) is 26.2. The lowest BCUT2D eigenvalue weighted by Crippen LogP contribution is -2.26. The number of thioether (sulfide) groups is 1. The van der Waals surface area contributed by atoms with Crippen LogP contribution < -0.4 is 10.2 Å². The van der Waals surface area contributed by atoms with E-state index < -0.39 is 5.91 Å². The van der Waals surface area contributed by atoms with Crippen LogP contribution in [0.2, 0.25) is 10.0 Å². The van der Waals surface area contributed by atoms with Gasteiger partial charge in [-0.05, 0) is 30.3 Å². The van der Waals surface area contributed by atoms with Gasteiger partial charge in [-0.3, -0.25) is 14.5 Å². The van der Waals surface area contributed by atoms with Gasteiger partial charge in [0.1, 0.15) is 16.7 Å². The number of hydrogen-bond donors (Lipinski definition) is 1. The quantitative estimate of drug-likeness (QED) is 0.606. The maximum atomic E-state index is 12.6. The zero-order chi connectivity index (χ0) is 18.7. The van der Waals surface area contributed by atoms with Crippen LogP contribution in [0.25, 0.3) is 0 Å². The Balaban J connectivity index is 1.95. The van der Waals surface area contributed by atoms with Crippen molar-refractivity contribution in [2.24, 2.45) is 0 Å². The van der Waals surface area contributed by atoms with Gasteiger partial charge in [0.15, 0.2) is 0 Å². The number of halogens is 2. The molecule has 26 heavy (non-hydrogen) atoms. The Bertz CT molecular complexity index is 955. The number of carbonyl (C=O) groups excluding carboxylic acids is 2. The van der Waals surface area contributed by atoms with E-state index in [2.05, 4.69) is 5.32 Å². The summed E-state index contributed by atoms with van der Waals surface area (Å²) in [6.45, 7) is 0. The Labute approximate surface area is 164 Å². The Kier molecular flexibility index (Phi) is 5.52. The summed E-state index contributed by atoms with van der Waals surface area (Å²) in [6, 6.07) is 15.4. The molecule has 0 spiro atoms. The molecule has 2 aromatic rings. The maximum Gasteiger partial charge on any atom is 0.269 e. The van der Waals surface area contributed by atoms with Crippen molar-refractivity contribution in [1.29, 1.82) is 5.26 Å². The van der Waals surface area contributed by atoms with Gasteiger partial charge in [0.25, 0.3) is 5.91 Å². The summed E-state index contributed by atoms with van der Waals surface area (Å²) >= 11 is 13.0. The van der Waals surface area contributed by atoms with Crippen LogP contribution in [0.3, 0.4) is 0 Å². The van der Waals surface area contributed by atoms with Crippen LogP contribution in [0.1, 0.15) is 0 Å². The molecule has 0 aliphatic carbocycles. The topological polar surface area (TPSA) is 73.2 Å². The van der Waals surface area contributed by atoms with Crippen molar-refractivity contribution in [2.45, 2.75) is 0 Å². The Hall–Kier alpha value is -2.46. The lowest BCUT2D eigenvalue weighted by Gasteiger charge is -2.18. The number of amides is 2. The molecule has 1 heterocycles. The van der Waals surface area contributed by atoms with Gasteiger partial charge in [0.05, 0.1) is 15.8 Å². The number of hydrogen-bond acceptors (Lipinski definition) is 4. The molecule has 0 bridgehead atoms. The van der Waals surface area contributed by atoms with Crippen LogP contribution in [-0.2, 0) is 9.59 Å². The third-order valence-electron chi connectivity index (χ3n) is 3.53. The monoisotopic (exact) mass is 403 g/mol. The minimum atomic E-state index is -0.621. The first-order chi connectivity index (χ1) is 12.5. The average Bonchev–Trinajstić information content (AvgIpc) is 3.01. The molecular formula is C18H11Cl2N3O2S. The van der Waals surface area contributed by atoms with Crippen LogP contribution in [0.4, 0.5) is 11.4 Å². The summed E-state index contributed by atoms with van der Waals surface area (Å²) in [6.07, 6.45) is 0. The van der Waals surface area contributed by atoms with Crippen molar-refractivity contribution in [2.75, 3.05) is 16.0 Å². The van der Waals surface area contributed by atoms with Crippen LogP contribution in [0.15, 0.2) is 59.1 Å². The Morgan fingerprint density at radius 2 is 1.88 bits per heavy atom. The van der Waals surface area contributed by atoms with Crippen molar-refractivity contribution in [3.05, 3.63) is 69.2 Å². The fraction of sp³-hybridized carbons (Fsp3) is 0.0556. The highest BCUT2D eigenvalue weighted by atomic mass is 35.5. The van der Waals surface area contributed by atoms with Crippen molar-refractivity contribution >= 4 is 58.2 Å². The molecule has 0 atom stereocenters. The standard InChI is InChI=1S/C18H11Cl2N3O2S/c19-14-7-6-11(8-15(14)20)22-17(25)13(9-21)18-23(16(24)10-26-18)12-4-2-1-3-5-12/h1-8H,10H2,(H,22,25)/b18-13-. The van der Waals surface area contributed by atoms with E-state index in [1.54, 1.807) is 36.4 Å². The molecule has 8 heteroatoms. The van der Waals surface area contributed by atoms with Crippen molar-refractivity contribution < 1.29 is 9.59 Å². The first kappa shape index (κ1) is 18.3. The number of benzene rings is 2. The molecule has 1 aliphatic rings. The normalized spacial score (nSPS) is 15.6. The van der Waals surface area contributed by atoms with Crippen LogP contribution in [-0.4, -0.2) is 17.6 Å². The third-order valence-corrected chi connectivity index (χ3v) is 5.32. The van der Waals surface area contributed by atoms with Crippen LogP contribution in [0.5, 0.6) is 0 Å². The zero-order valence-electron chi connectivity index (χ0n) is 13.2. The molecule has 0 aromatic heterocycles. The number of nitrogens with one attached hydrogen (secondary N) is 1. The number of rotatable bonds is 3. The average molecular weight is 404 g/mol. The van der Waals surface area contributed by atoms with E-state index in [9.17, 15) is 14.9 Å². The van der Waals surface area contributed by atoms with Gasteiger partial charge >= 0.3 is 0 Å². The van der Waals surface area contributed by atoms with E-state index in [4.69, 9.17) is 23.2 Å². The molecule has 2 amide bonds. The first-order valence-corrected chi connectivity index (χ1v) is 9.17. The Morgan fingerprint density at radius 1 is 1.15 bits per heavy atom. The molecular weight excluding hydrogens is 393 g/mol. The minimum Gasteiger partial charge on any atom is -0.321 e. The SMILES string of the molecule is N#C/C(C(=O)Nc1ccc(Cl)c(Cl)c1)=C1/SCC(=O)N1c1ccccc1. The molecule has 0 saturated carbocycles. The van der Waals surface area contributed by atoms with Crippen molar-refractivity contribution in [1.82, 2.24) is 0 Å². The molecule has 5 nitrogen and oxygen atoms in total. The van der Waals surface area contributed by atoms with E-state index >= 15 is 0 Å². The predicted octanol–water partition coefficient (Wildman–Crippen LogP) is 4.45. The molecule has 0 unspecified atom stereocenters. The lowest BCUT2D eigenvalue weighted by atomic mass is 10.2. The predicted molar refractivity (Wildman–Crippen MR) is 104 cm³/mol. The molecule has 1 aliphatic heterocycles. The summed E-state index contributed by atoms with van der Waals surface area (Å²) in [7, 11) is 0. The highest BCUT2D eigenvalue weighted by molar-refractivity contribution is 8.04. The lowest BCUT2D eigenvalue weighted by molar-refractivity contribution is -0.115. The molecule has 1 saturated heterocycles. The second-order valence-electron chi connectivity index (χ2n) is 5.23. The molecule has 1 N–H and O–H groups in total. The van der Waals surface area contributed by atoms with Gasteiger partial charge in [-0.1, -0.05) is 53.2 Å². The summed E-state index contributed by atoms with van der Waals surface area (Å²) in [5, 5.41) is 13.1. The fourth-order valence-corrected chi connectivity index (χ4v) is 3.66. The largest absolute Gasteiger partial charge is 0.321 e. The highest BCUT2D eigenvalue weighted by Crippen LogP contribution is 2.36. The highest BCUT2D eigenvalue weighted by Gasteiger charge is 2.33. The Morgan fingerprint density at radius 3 is 2.54 bits per heavy atom.